The first-order chi connectivity index (χ1) is 11.1. The number of nitro groups is 1. The lowest BCUT2D eigenvalue weighted by molar-refractivity contribution is -0.384. The number of nitrogens with one attached hydrogen (secondary N) is 1. The van der Waals surface area contributed by atoms with Crippen LogP contribution in [-0.4, -0.2) is 27.6 Å². The van der Waals surface area contributed by atoms with E-state index in [1.807, 2.05) is 6.07 Å². The van der Waals surface area contributed by atoms with Crippen LogP contribution < -0.4 is 5.43 Å². The highest BCUT2D eigenvalue weighted by atomic mass is 32.2. The highest BCUT2D eigenvalue weighted by Gasteiger charge is 2.22. The van der Waals surface area contributed by atoms with Gasteiger partial charge in [-0.3, -0.25) is 20.5 Å². The number of nitro benzene ring substituents is 1. The van der Waals surface area contributed by atoms with E-state index in [0.717, 1.165) is 22.9 Å². The fraction of sp³-hybridized carbons (Fsp3) is 0.500. The van der Waals surface area contributed by atoms with E-state index in [4.69, 9.17) is 4.99 Å². The summed E-state index contributed by atoms with van der Waals surface area (Å²) in [6.07, 6.45) is 4.94. The number of hydrogen-bond acceptors (Lipinski definition) is 5. The first kappa shape index (κ1) is 16.0. The number of nitrogens with zero attached hydrogens (tertiary/aromatic N) is 3. The lowest BCUT2D eigenvalue weighted by Crippen LogP contribution is -2.29. The second kappa shape index (κ2) is 7.12. The fourth-order valence-corrected chi connectivity index (χ4v) is 3.79. The molecule has 2 aliphatic rings. The summed E-state index contributed by atoms with van der Waals surface area (Å²) in [5, 5.41) is 16.1. The van der Waals surface area contributed by atoms with Gasteiger partial charge in [-0.15, -0.1) is 0 Å². The van der Waals surface area contributed by atoms with Crippen molar-refractivity contribution in [1.29, 1.82) is 0 Å². The smallest absolute Gasteiger partial charge is 0.258 e. The van der Waals surface area contributed by atoms with Gasteiger partial charge in [-0.2, -0.15) is 5.10 Å². The molecule has 1 aromatic carbocycles. The average Bonchev–Trinajstić information content (AvgIpc) is 2.58. The molecule has 23 heavy (non-hydrogen) atoms. The van der Waals surface area contributed by atoms with Crippen molar-refractivity contribution in [2.75, 3.05) is 5.75 Å². The Morgan fingerprint density at radius 2 is 2.22 bits per heavy atom. The van der Waals surface area contributed by atoms with Crippen LogP contribution in [-0.2, 0) is 0 Å². The Morgan fingerprint density at radius 1 is 1.39 bits per heavy atom. The van der Waals surface area contributed by atoms with Crippen LogP contribution in [0, 0.1) is 16.0 Å². The van der Waals surface area contributed by atoms with Crippen LogP contribution in [0.3, 0.4) is 0 Å². The van der Waals surface area contributed by atoms with E-state index in [2.05, 4.69) is 17.5 Å². The Balaban J connectivity index is 1.70. The minimum absolute atomic E-state index is 0.0886. The van der Waals surface area contributed by atoms with E-state index >= 15 is 0 Å². The number of non-ortho nitro benzene ring substituents is 1. The molecule has 1 N–H and O–H groups in total. The van der Waals surface area contributed by atoms with Gasteiger partial charge in [0, 0.05) is 23.4 Å². The maximum absolute atomic E-state index is 10.9. The average molecular weight is 332 g/mol. The van der Waals surface area contributed by atoms with Crippen LogP contribution in [0.2, 0.25) is 0 Å². The fourth-order valence-electron chi connectivity index (χ4n) is 2.97. The zero-order chi connectivity index (χ0) is 16.2. The first-order valence-electron chi connectivity index (χ1n) is 7.91. The van der Waals surface area contributed by atoms with Gasteiger partial charge in [-0.05, 0) is 18.8 Å². The summed E-state index contributed by atoms with van der Waals surface area (Å²) in [7, 11) is 0. The van der Waals surface area contributed by atoms with E-state index in [1.54, 1.807) is 23.9 Å². The molecule has 6 nitrogen and oxygen atoms in total. The number of hydrogen-bond donors (Lipinski definition) is 1. The molecule has 1 aromatic rings. The van der Waals surface area contributed by atoms with Crippen molar-refractivity contribution in [3.63, 3.8) is 0 Å². The predicted octanol–water partition coefficient (Wildman–Crippen LogP) is 3.57. The number of amidine groups is 1. The molecule has 0 amide bonds. The second-order valence-corrected chi connectivity index (χ2v) is 6.99. The van der Waals surface area contributed by atoms with Crippen molar-refractivity contribution in [2.45, 2.75) is 38.6 Å². The van der Waals surface area contributed by atoms with Crippen LogP contribution in [0.25, 0.3) is 0 Å². The molecule has 1 aliphatic carbocycles. The van der Waals surface area contributed by atoms with Crippen molar-refractivity contribution in [3.8, 4) is 0 Å². The van der Waals surface area contributed by atoms with Crippen LogP contribution in [0.4, 0.5) is 5.69 Å². The topological polar surface area (TPSA) is 79.9 Å². The summed E-state index contributed by atoms with van der Waals surface area (Å²) in [5.41, 5.74) is 4.70. The van der Waals surface area contributed by atoms with Gasteiger partial charge in [0.2, 0.25) is 0 Å². The minimum Gasteiger partial charge on any atom is -0.258 e. The maximum Gasteiger partial charge on any atom is 0.270 e. The van der Waals surface area contributed by atoms with Crippen molar-refractivity contribution in [2.24, 2.45) is 16.0 Å². The summed E-state index contributed by atoms with van der Waals surface area (Å²) in [5.74, 6) is 1.30. The molecular weight excluding hydrogens is 312 g/mol. The van der Waals surface area contributed by atoms with Gasteiger partial charge in [0.15, 0.2) is 5.17 Å². The molecule has 7 heteroatoms. The zero-order valence-corrected chi connectivity index (χ0v) is 13.9. The van der Waals surface area contributed by atoms with Crippen molar-refractivity contribution in [1.82, 2.24) is 5.43 Å². The monoisotopic (exact) mass is 332 g/mol. The molecule has 1 saturated carbocycles. The van der Waals surface area contributed by atoms with Crippen molar-refractivity contribution >= 4 is 28.3 Å². The standard InChI is InChI=1S/C16H20N4O2S/c1-11-5-2-3-8-14(11)17-16-19-18-15(10-23-16)12-6-4-7-13(9-12)20(21)22/h4,6-7,9,11,14H,2-3,5,8,10H2,1H3,(H,17,19)/t11-,14-/m1/s1. The molecule has 122 valence electrons. The molecule has 2 atom stereocenters. The van der Waals surface area contributed by atoms with Crippen molar-refractivity contribution < 1.29 is 4.92 Å². The molecule has 1 aliphatic heterocycles. The van der Waals surface area contributed by atoms with Crippen LogP contribution in [0.1, 0.15) is 38.2 Å². The number of benzene rings is 1. The minimum atomic E-state index is -0.384. The Kier molecular flexibility index (Phi) is 4.95. The number of hydrazone groups is 1. The van der Waals surface area contributed by atoms with Gasteiger partial charge in [0.1, 0.15) is 0 Å². The van der Waals surface area contributed by atoms with E-state index in [1.165, 1.54) is 25.3 Å². The summed E-state index contributed by atoms with van der Waals surface area (Å²) in [4.78, 5) is 15.3. The molecule has 0 saturated heterocycles. The van der Waals surface area contributed by atoms with Gasteiger partial charge in [0.25, 0.3) is 5.69 Å². The van der Waals surface area contributed by atoms with Gasteiger partial charge in [-0.1, -0.05) is 43.7 Å². The molecular formula is C16H20N4O2S. The van der Waals surface area contributed by atoms with Crippen LogP contribution >= 0.6 is 11.8 Å². The van der Waals surface area contributed by atoms with Gasteiger partial charge < -0.3 is 0 Å². The van der Waals surface area contributed by atoms with Crippen LogP contribution in [0.15, 0.2) is 34.4 Å². The first-order valence-corrected chi connectivity index (χ1v) is 8.90. The largest absolute Gasteiger partial charge is 0.270 e. The summed E-state index contributed by atoms with van der Waals surface area (Å²) < 4.78 is 0. The summed E-state index contributed by atoms with van der Waals surface area (Å²) in [6, 6.07) is 6.97. The third-order valence-electron chi connectivity index (χ3n) is 4.37. The Hall–Kier alpha value is -1.89. The molecule has 0 radical (unpaired) electrons. The van der Waals surface area contributed by atoms with E-state index in [9.17, 15) is 10.1 Å². The SMILES string of the molecule is C[C@@H]1CCCC[C@H]1N=C1NN=C(c2cccc([N+](=O)[O-])c2)CS1. The maximum atomic E-state index is 10.9. The number of thioether (sulfide) groups is 1. The molecule has 0 spiro atoms. The van der Waals surface area contributed by atoms with Gasteiger partial charge in [0.05, 0.1) is 16.7 Å². The Bertz CT molecular complexity index is 659. The van der Waals surface area contributed by atoms with Gasteiger partial charge in [-0.25, -0.2) is 0 Å². The van der Waals surface area contributed by atoms with Crippen molar-refractivity contribution in [3.05, 3.63) is 39.9 Å². The quantitative estimate of drug-likeness (QED) is 0.678. The normalized spacial score (nSPS) is 26.5. The van der Waals surface area contributed by atoms with E-state index < -0.39 is 0 Å². The molecule has 1 heterocycles. The lowest BCUT2D eigenvalue weighted by atomic mass is 9.86. The Labute approximate surface area is 139 Å². The molecule has 1 fully saturated rings. The number of aliphatic imine (C=N–C) groups is 1. The van der Waals surface area contributed by atoms with Gasteiger partial charge >= 0.3 is 0 Å². The van der Waals surface area contributed by atoms with Crippen LogP contribution in [0.5, 0.6) is 0 Å². The molecule has 0 aromatic heterocycles. The third kappa shape index (κ3) is 3.90. The summed E-state index contributed by atoms with van der Waals surface area (Å²) >= 11 is 1.61. The highest BCUT2D eigenvalue weighted by molar-refractivity contribution is 8.14. The highest BCUT2D eigenvalue weighted by Crippen LogP contribution is 2.27. The predicted molar refractivity (Wildman–Crippen MR) is 94.1 cm³/mol. The summed E-state index contributed by atoms with van der Waals surface area (Å²) in [6.45, 7) is 2.26. The lowest BCUT2D eigenvalue weighted by Gasteiger charge is -2.26. The Morgan fingerprint density at radius 3 is 2.91 bits per heavy atom. The number of rotatable bonds is 3. The zero-order valence-electron chi connectivity index (χ0n) is 13.1. The van der Waals surface area contributed by atoms with E-state index in [0.29, 0.717) is 17.7 Å². The third-order valence-corrected chi connectivity index (χ3v) is 5.26. The molecule has 0 bridgehead atoms. The molecule has 0 unspecified atom stereocenters. The van der Waals surface area contributed by atoms with E-state index in [-0.39, 0.29) is 10.6 Å². The second-order valence-electron chi connectivity index (χ2n) is 6.03. The molecule has 3 rings (SSSR count).